The molecule has 0 atom stereocenters. The lowest BCUT2D eigenvalue weighted by molar-refractivity contribution is -0.670. The van der Waals surface area contributed by atoms with Gasteiger partial charge < -0.3 is 10.0 Å². The van der Waals surface area contributed by atoms with Crippen LogP contribution in [0, 0.1) is 0 Å². The summed E-state index contributed by atoms with van der Waals surface area (Å²) in [7, 11) is 0. The molecular formula is C6H17N2O3+. The van der Waals surface area contributed by atoms with Gasteiger partial charge in [0.15, 0.2) is 0 Å². The Hall–Kier alpha value is -0.940. The van der Waals surface area contributed by atoms with E-state index in [0.29, 0.717) is 5.71 Å². The Morgan fingerprint density at radius 3 is 1.27 bits per heavy atom. The molecule has 0 aromatic heterocycles. The highest BCUT2D eigenvalue weighted by Gasteiger charge is 1.65. The van der Waals surface area contributed by atoms with Crippen molar-refractivity contribution in [2.45, 2.75) is 27.7 Å². The Labute approximate surface area is 66.5 Å². The van der Waals surface area contributed by atoms with Crippen molar-refractivity contribution in [2.75, 3.05) is 0 Å². The average molecular weight is 165 g/mol. The molecule has 0 aromatic carbocycles. The molecule has 0 fully saturated rings. The van der Waals surface area contributed by atoms with Gasteiger partial charge in [-0.05, 0) is 27.7 Å². The van der Waals surface area contributed by atoms with Crippen LogP contribution in [-0.2, 0) is 4.79 Å². The fraction of sp³-hybridized carbons (Fsp3) is 0.667. The number of quaternary nitrogens is 1. The maximum Gasteiger partial charge on any atom is 0.126 e. The van der Waals surface area contributed by atoms with Crippen LogP contribution in [0.1, 0.15) is 27.7 Å². The lowest BCUT2D eigenvalue weighted by Gasteiger charge is -1.72. The maximum atomic E-state index is 9.44. The summed E-state index contributed by atoms with van der Waals surface area (Å²) in [6, 6.07) is 0. The van der Waals surface area contributed by atoms with Gasteiger partial charge in [-0.3, -0.25) is 0 Å². The number of oxime groups is 1. The maximum absolute atomic E-state index is 9.44. The molecule has 0 spiro atoms. The van der Waals surface area contributed by atoms with E-state index in [9.17, 15) is 4.79 Å². The second-order valence-electron chi connectivity index (χ2n) is 1.96. The Morgan fingerprint density at radius 2 is 1.27 bits per heavy atom. The monoisotopic (exact) mass is 165 g/mol. The summed E-state index contributed by atoms with van der Waals surface area (Å²) < 4.78 is 0. The number of nitrogens with zero attached hydrogens (tertiary/aromatic N) is 1. The zero-order valence-corrected chi connectivity index (χ0v) is 7.46. The minimum atomic E-state index is 0.167. The Bertz CT molecular complexity index is 104. The highest BCUT2D eigenvalue weighted by molar-refractivity contribution is 5.78. The van der Waals surface area contributed by atoms with Gasteiger partial charge in [0.25, 0.3) is 0 Å². The molecule has 0 aromatic rings. The van der Waals surface area contributed by atoms with E-state index in [1.807, 2.05) is 0 Å². The molecule has 5 N–H and O–H groups in total. The van der Waals surface area contributed by atoms with Gasteiger partial charge in [-0.1, -0.05) is 5.16 Å². The van der Waals surface area contributed by atoms with Gasteiger partial charge in [0.1, 0.15) is 5.78 Å². The smallest absolute Gasteiger partial charge is 0.126 e. The molecular weight excluding hydrogens is 148 g/mol. The first-order valence-corrected chi connectivity index (χ1v) is 2.94. The Balaban J connectivity index is -0.0000000965. The van der Waals surface area contributed by atoms with Crippen molar-refractivity contribution in [1.29, 1.82) is 0 Å². The van der Waals surface area contributed by atoms with Crippen LogP contribution >= 0.6 is 0 Å². The molecule has 5 nitrogen and oxygen atoms in total. The van der Waals surface area contributed by atoms with Gasteiger partial charge in [-0.25, -0.2) is 11.1 Å². The summed E-state index contributed by atoms with van der Waals surface area (Å²) in [4.78, 5) is 9.44. The second kappa shape index (κ2) is 16.0. The van der Waals surface area contributed by atoms with Gasteiger partial charge in [-0.15, -0.1) is 0 Å². The molecule has 0 saturated carbocycles. The number of hydrogen-bond donors (Lipinski definition) is 3. The normalized spacial score (nSPS) is 6.00. The standard InChI is InChI=1S/C3H7NO.C3H6O.H4NO/c1-3(2)4-5;1-3(2)4;1-2/h5H,1-2H3;1-2H3;2H,1H3/q;;+1. The number of ketones is 1. The third-order valence-corrected chi connectivity index (χ3v) is 0.200. The van der Waals surface area contributed by atoms with Crippen molar-refractivity contribution < 1.29 is 21.1 Å². The van der Waals surface area contributed by atoms with Crippen LogP contribution in [0.25, 0.3) is 0 Å². The molecule has 0 unspecified atom stereocenters. The number of rotatable bonds is 0. The van der Waals surface area contributed by atoms with Gasteiger partial charge in [0, 0.05) is 0 Å². The van der Waals surface area contributed by atoms with Crippen molar-refractivity contribution in [3.63, 3.8) is 0 Å². The largest absolute Gasteiger partial charge is 0.411 e. The zero-order chi connectivity index (χ0) is 9.86. The molecule has 0 saturated heterocycles. The van der Waals surface area contributed by atoms with Crippen molar-refractivity contribution in [3.8, 4) is 0 Å². The molecule has 0 heterocycles. The highest BCUT2D eigenvalue weighted by atomic mass is 16.4. The van der Waals surface area contributed by atoms with E-state index in [1.54, 1.807) is 13.8 Å². The van der Waals surface area contributed by atoms with Crippen molar-refractivity contribution in [2.24, 2.45) is 5.16 Å². The number of carbonyl (C=O) groups is 1. The quantitative estimate of drug-likeness (QED) is 0.269. The van der Waals surface area contributed by atoms with Gasteiger partial charge in [0.05, 0.1) is 5.71 Å². The molecule has 0 rings (SSSR count). The van der Waals surface area contributed by atoms with Crippen LogP contribution in [0.2, 0.25) is 0 Å². The third-order valence-electron chi connectivity index (χ3n) is 0.200. The molecule has 68 valence electrons. The van der Waals surface area contributed by atoms with E-state index in [2.05, 4.69) is 11.1 Å². The summed E-state index contributed by atoms with van der Waals surface area (Å²) in [6.07, 6.45) is 0. The first-order valence-electron chi connectivity index (χ1n) is 2.94. The van der Waals surface area contributed by atoms with E-state index in [-0.39, 0.29) is 5.78 Å². The topological polar surface area (TPSA) is 97.5 Å². The molecule has 0 amide bonds. The zero-order valence-electron chi connectivity index (χ0n) is 7.46. The fourth-order valence-corrected chi connectivity index (χ4v) is 0. The Morgan fingerprint density at radius 1 is 1.18 bits per heavy atom. The predicted octanol–water partition coefficient (Wildman–Crippen LogP) is 0.0692. The molecule has 11 heavy (non-hydrogen) atoms. The molecule has 0 aliphatic heterocycles. The molecule has 0 aliphatic rings. The summed E-state index contributed by atoms with van der Waals surface area (Å²) in [5.74, 6) is 2.42. The van der Waals surface area contributed by atoms with Crippen LogP contribution in [0.3, 0.4) is 0 Å². The van der Waals surface area contributed by atoms with Crippen molar-refractivity contribution in [3.05, 3.63) is 0 Å². The third kappa shape index (κ3) is 402. The van der Waals surface area contributed by atoms with E-state index >= 15 is 0 Å². The van der Waals surface area contributed by atoms with Crippen molar-refractivity contribution >= 4 is 11.5 Å². The lowest BCUT2D eigenvalue weighted by atomic mass is 10.5. The summed E-state index contributed by atoms with van der Waals surface area (Å²) in [5.41, 5.74) is 0.685. The van der Waals surface area contributed by atoms with Gasteiger partial charge in [-0.2, -0.15) is 0 Å². The molecule has 0 bridgehead atoms. The van der Waals surface area contributed by atoms with Crippen LogP contribution < -0.4 is 5.90 Å². The fourth-order valence-electron chi connectivity index (χ4n) is 0. The van der Waals surface area contributed by atoms with E-state index in [0.717, 1.165) is 0 Å². The number of Topliss-reactive ketones (excluding diaryl/α,β-unsaturated/α-hetero) is 1. The van der Waals surface area contributed by atoms with E-state index < -0.39 is 0 Å². The summed E-state index contributed by atoms with van der Waals surface area (Å²) in [5, 5.41) is 17.3. The second-order valence-corrected chi connectivity index (χ2v) is 1.96. The first kappa shape index (κ1) is 16.6. The summed E-state index contributed by atoms with van der Waals surface area (Å²) >= 11 is 0. The van der Waals surface area contributed by atoms with Crippen molar-refractivity contribution in [1.82, 2.24) is 0 Å². The number of carbonyl (C=O) groups excluding carboxylic acids is 1. The lowest BCUT2D eigenvalue weighted by Crippen LogP contribution is -2.42. The SMILES string of the molecule is CC(C)=NO.CC(C)=O.[NH3+]O. The number of hydrogen-bond acceptors (Lipinski definition) is 4. The van der Waals surface area contributed by atoms with Gasteiger partial charge >= 0.3 is 0 Å². The molecule has 0 aliphatic carbocycles. The van der Waals surface area contributed by atoms with Crippen LogP contribution in [0.15, 0.2) is 5.16 Å². The summed E-state index contributed by atoms with van der Waals surface area (Å²) in [6.45, 7) is 6.50. The van der Waals surface area contributed by atoms with Crippen LogP contribution in [0.5, 0.6) is 0 Å². The highest BCUT2D eigenvalue weighted by Crippen LogP contribution is 1.62. The van der Waals surface area contributed by atoms with E-state index in [4.69, 9.17) is 10.4 Å². The predicted molar refractivity (Wildman–Crippen MR) is 41.6 cm³/mol. The van der Waals surface area contributed by atoms with Gasteiger partial charge in [0.2, 0.25) is 0 Å². The minimum Gasteiger partial charge on any atom is -0.411 e. The van der Waals surface area contributed by atoms with Crippen LogP contribution in [-0.4, -0.2) is 21.9 Å². The molecule has 0 radical (unpaired) electrons. The minimum absolute atomic E-state index is 0.167. The average Bonchev–Trinajstić information content (AvgIpc) is 1.91. The van der Waals surface area contributed by atoms with E-state index in [1.165, 1.54) is 13.8 Å². The van der Waals surface area contributed by atoms with Crippen LogP contribution in [0.4, 0.5) is 0 Å². The molecule has 5 heteroatoms. The first-order chi connectivity index (χ1) is 5.00. The Kier molecular flexibility index (Phi) is 24.1.